The summed E-state index contributed by atoms with van der Waals surface area (Å²) in [6.07, 6.45) is 0. The largest absolute Gasteiger partial charge is 0.481 e. The lowest BCUT2D eigenvalue weighted by molar-refractivity contribution is 0.203. The fraction of sp³-hybridized carbons (Fsp3) is 0.556. The van der Waals surface area contributed by atoms with Crippen molar-refractivity contribution >= 4 is 5.95 Å². The van der Waals surface area contributed by atoms with Crippen LogP contribution in [0.1, 0.15) is 0 Å². The minimum absolute atomic E-state index is 0.223. The third-order valence-electron chi connectivity index (χ3n) is 1.87. The van der Waals surface area contributed by atoms with Gasteiger partial charge in [0.2, 0.25) is 17.7 Å². The topological polar surface area (TPSA) is 96.7 Å². The van der Waals surface area contributed by atoms with Gasteiger partial charge >= 0.3 is 0 Å². The zero-order valence-electron chi connectivity index (χ0n) is 9.17. The van der Waals surface area contributed by atoms with Crippen LogP contribution < -0.4 is 14.8 Å². The summed E-state index contributed by atoms with van der Waals surface area (Å²) in [7, 11) is 2.95. The highest BCUT2D eigenvalue weighted by Gasteiger charge is 2.10. The van der Waals surface area contributed by atoms with Crippen molar-refractivity contribution in [3.8, 4) is 11.8 Å². The Morgan fingerprint density at radius 1 is 1.19 bits per heavy atom. The highest BCUT2D eigenvalue weighted by atomic mass is 16.5. The van der Waals surface area contributed by atoms with E-state index in [0.29, 0.717) is 11.8 Å². The molecular formula is C9H15N3O4. The first-order chi connectivity index (χ1) is 7.73. The van der Waals surface area contributed by atoms with E-state index in [1.165, 1.54) is 20.3 Å². The fourth-order valence-electron chi connectivity index (χ4n) is 1.01. The number of rotatable bonds is 6. The van der Waals surface area contributed by atoms with E-state index >= 15 is 0 Å². The summed E-state index contributed by atoms with van der Waals surface area (Å²) in [6, 6.07) is 1.01. The maximum Gasteiger partial charge on any atom is 0.229 e. The molecule has 0 aliphatic carbocycles. The number of aromatic nitrogens is 2. The summed E-state index contributed by atoms with van der Waals surface area (Å²) in [6.45, 7) is -0.446. The molecule has 16 heavy (non-hydrogen) atoms. The second kappa shape index (κ2) is 6.09. The van der Waals surface area contributed by atoms with Gasteiger partial charge in [-0.05, 0) is 0 Å². The molecule has 3 N–H and O–H groups in total. The molecule has 0 atom stereocenters. The molecule has 0 bridgehead atoms. The molecule has 0 aliphatic rings. The van der Waals surface area contributed by atoms with Crippen molar-refractivity contribution in [2.24, 2.45) is 0 Å². The fourth-order valence-corrected chi connectivity index (χ4v) is 1.01. The number of methoxy groups -OCH3 is 2. The number of anilines is 1. The SMILES string of the molecule is COc1cc(OC)nc(NC(CO)CO)n1. The van der Waals surface area contributed by atoms with Gasteiger partial charge in [-0.15, -0.1) is 0 Å². The molecule has 0 saturated heterocycles. The highest BCUT2D eigenvalue weighted by molar-refractivity contribution is 5.34. The van der Waals surface area contributed by atoms with Crippen LogP contribution in [-0.4, -0.2) is 53.7 Å². The zero-order chi connectivity index (χ0) is 12.0. The molecule has 90 valence electrons. The smallest absolute Gasteiger partial charge is 0.229 e. The minimum atomic E-state index is -0.517. The Kier molecular flexibility index (Phi) is 4.74. The number of hydrogen-bond acceptors (Lipinski definition) is 7. The molecule has 0 aliphatic heterocycles. The quantitative estimate of drug-likeness (QED) is 0.591. The molecule has 1 aromatic heterocycles. The molecule has 1 rings (SSSR count). The van der Waals surface area contributed by atoms with Gasteiger partial charge in [-0.25, -0.2) is 0 Å². The molecule has 1 heterocycles. The van der Waals surface area contributed by atoms with Crippen LogP contribution >= 0.6 is 0 Å². The first-order valence-electron chi connectivity index (χ1n) is 4.68. The Hall–Kier alpha value is -1.60. The molecule has 7 heteroatoms. The van der Waals surface area contributed by atoms with Crippen LogP contribution in [0.25, 0.3) is 0 Å². The Labute approximate surface area is 93.1 Å². The maximum absolute atomic E-state index is 8.90. The Morgan fingerprint density at radius 2 is 1.69 bits per heavy atom. The van der Waals surface area contributed by atoms with E-state index in [1.54, 1.807) is 0 Å². The predicted molar refractivity (Wildman–Crippen MR) is 56.7 cm³/mol. The van der Waals surface area contributed by atoms with Crippen molar-refractivity contribution in [1.29, 1.82) is 0 Å². The van der Waals surface area contributed by atoms with Crippen LogP contribution in [0.4, 0.5) is 5.95 Å². The first-order valence-corrected chi connectivity index (χ1v) is 4.68. The third kappa shape index (κ3) is 3.21. The van der Waals surface area contributed by atoms with E-state index in [4.69, 9.17) is 19.7 Å². The second-order valence-electron chi connectivity index (χ2n) is 2.98. The molecule has 0 spiro atoms. The summed E-state index contributed by atoms with van der Waals surface area (Å²) in [5.41, 5.74) is 0. The Balaban J connectivity index is 2.85. The normalized spacial score (nSPS) is 10.3. The molecule has 1 aromatic rings. The average Bonchev–Trinajstić information content (AvgIpc) is 2.35. The number of ether oxygens (including phenoxy) is 2. The average molecular weight is 229 g/mol. The molecule has 0 fully saturated rings. The number of nitrogens with zero attached hydrogens (tertiary/aromatic N) is 2. The van der Waals surface area contributed by atoms with Gasteiger partial charge in [0.15, 0.2) is 0 Å². The zero-order valence-corrected chi connectivity index (χ0v) is 9.17. The Bertz CT molecular complexity index is 308. The van der Waals surface area contributed by atoms with E-state index in [0.717, 1.165) is 0 Å². The van der Waals surface area contributed by atoms with E-state index in [9.17, 15) is 0 Å². The molecule has 0 radical (unpaired) electrons. The van der Waals surface area contributed by atoms with Gasteiger partial charge < -0.3 is 25.0 Å². The van der Waals surface area contributed by atoms with Gasteiger partial charge in [0.1, 0.15) is 0 Å². The molecule has 7 nitrogen and oxygen atoms in total. The van der Waals surface area contributed by atoms with Crippen molar-refractivity contribution in [1.82, 2.24) is 9.97 Å². The van der Waals surface area contributed by atoms with Gasteiger partial charge in [-0.3, -0.25) is 0 Å². The van der Waals surface area contributed by atoms with Gasteiger partial charge in [-0.1, -0.05) is 0 Å². The molecule has 0 aromatic carbocycles. The predicted octanol–water partition coefficient (Wildman–Crippen LogP) is -0.741. The van der Waals surface area contributed by atoms with E-state index < -0.39 is 6.04 Å². The van der Waals surface area contributed by atoms with Gasteiger partial charge in [0, 0.05) is 0 Å². The van der Waals surface area contributed by atoms with Gasteiger partial charge in [-0.2, -0.15) is 9.97 Å². The monoisotopic (exact) mass is 229 g/mol. The van der Waals surface area contributed by atoms with Crippen LogP contribution in [0.2, 0.25) is 0 Å². The lowest BCUT2D eigenvalue weighted by atomic mass is 10.3. The summed E-state index contributed by atoms with van der Waals surface area (Å²) in [4.78, 5) is 7.98. The molecule has 0 saturated carbocycles. The van der Waals surface area contributed by atoms with Crippen LogP contribution in [0, 0.1) is 0 Å². The van der Waals surface area contributed by atoms with Crippen molar-refractivity contribution in [3.63, 3.8) is 0 Å². The molecular weight excluding hydrogens is 214 g/mol. The summed E-state index contributed by atoms with van der Waals surface area (Å²) in [5, 5.41) is 20.5. The van der Waals surface area contributed by atoms with Crippen LogP contribution in [0.5, 0.6) is 11.8 Å². The van der Waals surface area contributed by atoms with Gasteiger partial charge in [0.25, 0.3) is 0 Å². The van der Waals surface area contributed by atoms with Crippen LogP contribution in [-0.2, 0) is 0 Å². The van der Waals surface area contributed by atoms with E-state index in [2.05, 4.69) is 15.3 Å². The van der Waals surface area contributed by atoms with Crippen molar-refractivity contribution < 1.29 is 19.7 Å². The summed E-state index contributed by atoms with van der Waals surface area (Å²) in [5.74, 6) is 0.900. The second-order valence-corrected chi connectivity index (χ2v) is 2.98. The van der Waals surface area contributed by atoms with Crippen molar-refractivity contribution in [3.05, 3.63) is 6.07 Å². The lowest BCUT2D eigenvalue weighted by Crippen LogP contribution is -2.28. The number of hydrogen-bond donors (Lipinski definition) is 3. The Morgan fingerprint density at radius 3 is 2.06 bits per heavy atom. The summed E-state index contributed by atoms with van der Waals surface area (Å²) < 4.78 is 9.90. The standard InChI is InChI=1S/C9H15N3O4/c1-15-7-3-8(16-2)12-9(11-7)10-6(4-13)5-14/h3,6,13-14H,4-5H2,1-2H3,(H,10,11,12). The van der Waals surface area contributed by atoms with E-state index in [-0.39, 0.29) is 19.2 Å². The number of aliphatic hydroxyl groups excluding tert-OH is 2. The number of aliphatic hydroxyl groups is 2. The minimum Gasteiger partial charge on any atom is -0.481 e. The van der Waals surface area contributed by atoms with Crippen LogP contribution in [0.15, 0.2) is 6.07 Å². The summed E-state index contributed by atoms with van der Waals surface area (Å²) >= 11 is 0. The van der Waals surface area contributed by atoms with Crippen molar-refractivity contribution in [2.45, 2.75) is 6.04 Å². The van der Waals surface area contributed by atoms with E-state index in [1.807, 2.05) is 0 Å². The highest BCUT2D eigenvalue weighted by Crippen LogP contribution is 2.17. The molecule has 0 amide bonds. The maximum atomic E-state index is 8.90. The van der Waals surface area contributed by atoms with Crippen LogP contribution in [0.3, 0.4) is 0 Å². The lowest BCUT2D eigenvalue weighted by Gasteiger charge is -2.14. The van der Waals surface area contributed by atoms with Crippen molar-refractivity contribution in [2.75, 3.05) is 32.8 Å². The third-order valence-corrected chi connectivity index (χ3v) is 1.87. The number of nitrogens with one attached hydrogen (secondary N) is 1. The molecule has 0 unspecified atom stereocenters. The van der Waals surface area contributed by atoms with Gasteiger partial charge in [0.05, 0.1) is 39.5 Å². The first kappa shape index (κ1) is 12.5.